The lowest BCUT2D eigenvalue weighted by Crippen LogP contribution is -2.46. The third-order valence-corrected chi connectivity index (χ3v) is 4.34. The Balaban J connectivity index is 2.17. The van der Waals surface area contributed by atoms with E-state index in [0.717, 1.165) is 12.1 Å². The molecule has 0 bridgehead atoms. The molecule has 1 rings (SSSR count). The number of hydrogen-bond donors (Lipinski definition) is 1. The SMILES string of the molecule is CCC(CC)N1CCC(NCCSC)CC1. The van der Waals surface area contributed by atoms with Gasteiger partial charge in [0.1, 0.15) is 0 Å². The number of hydrogen-bond acceptors (Lipinski definition) is 3. The number of piperidine rings is 1. The van der Waals surface area contributed by atoms with Gasteiger partial charge < -0.3 is 10.2 Å². The standard InChI is InChI=1S/C13H28N2S/c1-4-13(5-2)15-9-6-12(7-10-15)14-8-11-16-3/h12-14H,4-11H2,1-3H3. The van der Waals surface area contributed by atoms with Gasteiger partial charge in [-0.3, -0.25) is 0 Å². The Morgan fingerprint density at radius 2 is 1.88 bits per heavy atom. The van der Waals surface area contributed by atoms with Crippen LogP contribution in [-0.2, 0) is 0 Å². The second-order valence-electron chi connectivity index (χ2n) is 4.73. The van der Waals surface area contributed by atoms with Crippen LogP contribution >= 0.6 is 11.8 Å². The Kier molecular flexibility index (Phi) is 7.50. The number of rotatable bonds is 7. The Hall–Kier alpha value is 0.270. The smallest absolute Gasteiger partial charge is 0.00917 e. The minimum absolute atomic E-state index is 0.776. The lowest BCUT2D eigenvalue weighted by molar-refractivity contribution is 0.137. The predicted octanol–water partition coefficient (Wildman–Crippen LogP) is 2.59. The third kappa shape index (κ3) is 4.64. The lowest BCUT2D eigenvalue weighted by atomic mass is 10.0. The van der Waals surface area contributed by atoms with Crippen LogP contribution in [0.4, 0.5) is 0 Å². The zero-order valence-electron chi connectivity index (χ0n) is 11.2. The van der Waals surface area contributed by atoms with Gasteiger partial charge in [0.15, 0.2) is 0 Å². The summed E-state index contributed by atoms with van der Waals surface area (Å²) in [5, 5.41) is 3.67. The van der Waals surface area contributed by atoms with Crippen LogP contribution < -0.4 is 5.32 Å². The van der Waals surface area contributed by atoms with Crippen LogP contribution in [0.3, 0.4) is 0 Å². The van der Waals surface area contributed by atoms with Crippen molar-refractivity contribution >= 4 is 11.8 Å². The molecular formula is C13H28N2S. The van der Waals surface area contributed by atoms with Crippen molar-refractivity contribution in [2.75, 3.05) is 31.6 Å². The van der Waals surface area contributed by atoms with Gasteiger partial charge in [-0.1, -0.05) is 13.8 Å². The number of likely N-dealkylation sites (tertiary alicyclic amines) is 1. The largest absolute Gasteiger partial charge is 0.313 e. The minimum atomic E-state index is 0.776. The summed E-state index contributed by atoms with van der Waals surface area (Å²) in [6.45, 7) is 8.40. The van der Waals surface area contributed by atoms with E-state index in [4.69, 9.17) is 0 Å². The van der Waals surface area contributed by atoms with E-state index in [1.807, 2.05) is 11.8 Å². The zero-order chi connectivity index (χ0) is 11.8. The van der Waals surface area contributed by atoms with Crippen molar-refractivity contribution in [2.24, 2.45) is 0 Å². The monoisotopic (exact) mass is 244 g/mol. The molecule has 1 N–H and O–H groups in total. The summed E-state index contributed by atoms with van der Waals surface area (Å²) in [6.07, 6.45) is 7.47. The van der Waals surface area contributed by atoms with Gasteiger partial charge in [0.05, 0.1) is 0 Å². The molecule has 1 aliphatic rings. The summed E-state index contributed by atoms with van der Waals surface area (Å²) in [5.41, 5.74) is 0. The summed E-state index contributed by atoms with van der Waals surface area (Å²) < 4.78 is 0. The first-order chi connectivity index (χ1) is 7.81. The van der Waals surface area contributed by atoms with Crippen LogP contribution in [0.1, 0.15) is 39.5 Å². The highest BCUT2D eigenvalue weighted by Crippen LogP contribution is 2.16. The molecule has 0 unspecified atom stereocenters. The van der Waals surface area contributed by atoms with Crippen LogP contribution in [0, 0.1) is 0 Å². The topological polar surface area (TPSA) is 15.3 Å². The molecule has 16 heavy (non-hydrogen) atoms. The van der Waals surface area contributed by atoms with E-state index in [-0.39, 0.29) is 0 Å². The first-order valence-corrected chi connectivity index (χ1v) is 8.17. The molecule has 1 saturated heterocycles. The molecule has 0 spiro atoms. The predicted molar refractivity (Wildman–Crippen MR) is 75.3 cm³/mol. The molecule has 0 radical (unpaired) electrons. The molecule has 0 amide bonds. The number of nitrogens with one attached hydrogen (secondary N) is 1. The van der Waals surface area contributed by atoms with Gasteiger partial charge in [0, 0.05) is 24.4 Å². The Labute approximate surface area is 106 Å². The summed E-state index contributed by atoms with van der Waals surface area (Å²) in [4.78, 5) is 2.69. The molecule has 0 saturated carbocycles. The van der Waals surface area contributed by atoms with Gasteiger partial charge in [-0.05, 0) is 45.0 Å². The number of thioether (sulfide) groups is 1. The molecular weight excluding hydrogens is 216 g/mol. The van der Waals surface area contributed by atoms with Gasteiger partial charge in [-0.2, -0.15) is 11.8 Å². The van der Waals surface area contributed by atoms with E-state index in [0.29, 0.717) is 0 Å². The van der Waals surface area contributed by atoms with Crippen molar-refractivity contribution in [2.45, 2.75) is 51.6 Å². The normalized spacial score (nSPS) is 19.5. The average Bonchev–Trinajstić information content (AvgIpc) is 2.33. The van der Waals surface area contributed by atoms with Gasteiger partial charge in [0.25, 0.3) is 0 Å². The van der Waals surface area contributed by atoms with E-state index in [9.17, 15) is 0 Å². The molecule has 3 heteroatoms. The van der Waals surface area contributed by atoms with Gasteiger partial charge >= 0.3 is 0 Å². The highest BCUT2D eigenvalue weighted by atomic mass is 32.2. The molecule has 1 fully saturated rings. The van der Waals surface area contributed by atoms with E-state index in [1.165, 1.54) is 51.1 Å². The molecule has 2 nitrogen and oxygen atoms in total. The maximum atomic E-state index is 3.67. The maximum Gasteiger partial charge on any atom is 0.00917 e. The van der Waals surface area contributed by atoms with Crippen molar-refractivity contribution < 1.29 is 0 Å². The van der Waals surface area contributed by atoms with Gasteiger partial charge in [-0.15, -0.1) is 0 Å². The van der Waals surface area contributed by atoms with Crippen LogP contribution in [0.5, 0.6) is 0 Å². The Morgan fingerprint density at radius 3 is 2.38 bits per heavy atom. The summed E-state index contributed by atoms with van der Waals surface area (Å²) in [6, 6.07) is 1.60. The fourth-order valence-electron chi connectivity index (χ4n) is 2.64. The quantitative estimate of drug-likeness (QED) is 0.693. The summed E-state index contributed by atoms with van der Waals surface area (Å²) in [5.74, 6) is 1.24. The second-order valence-corrected chi connectivity index (χ2v) is 5.71. The van der Waals surface area contributed by atoms with Crippen LogP contribution in [0.25, 0.3) is 0 Å². The number of nitrogens with zero attached hydrogens (tertiary/aromatic N) is 1. The van der Waals surface area contributed by atoms with E-state index < -0.39 is 0 Å². The molecule has 0 aromatic rings. The van der Waals surface area contributed by atoms with Gasteiger partial charge in [-0.25, -0.2) is 0 Å². The van der Waals surface area contributed by atoms with Gasteiger partial charge in [0.2, 0.25) is 0 Å². The van der Waals surface area contributed by atoms with Crippen molar-refractivity contribution in [3.05, 3.63) is 0 Å². The molecule has 0 aliphatic carbocycles. The van der Waals surface area contributed by atoms with Crippen molar-refractivity contribution in [3.8, 4) is 0 Å². The lowest BCUT2D eigenvalue weighted by Gasteiger charge is -2.37. The molecule has 0 aromatic heterocycles. The molecule has 96 valence electrons. The Bertz CT molecular complexity index is 163. The van der Waals surface area contributed by atoms with Crippen molar-refractivity contribution in [1.82, 2.24) is 10.2 Å². The van der Waals surface area contributed by atoms with E-state index in [1.54, 1.807) is 0 Å². The molecule has 0 atom stereocenters. The Morgan fingerprint density at radius 1 is 1.25 bits per heavy atom. The summed E-state index contributed by atoms with van der Waals surface area (Å²) in [7, 11) is 0. The first kappa shape index (κ1) is 14.3. The second kappa shape index (κ2) is 8.37. The third-order valence-electron chi connectivity index (χ3n) is 3.73. The fourth-order valence-corrected chi connectivity index (χ4v) is 2.96. The highest BCUT2D eigenvalue weighted by molar-refractivity contribution is 7.98. The van der Waals surface area contributed by atoms with Crippen molar-refractivity contribution in [3.63, 3.8) is 0 Å². The van der Waals surface area contributed by atoms with Crippen LogP contribution in [0.2, 0.25) is 0 Å². The first-order valence-electron chi connectivity index (χ1n) is 6.78. The summed E-state index contributed by atoms with van der Waals surface area (Å²) >= 11 is 1.93. The van der Waals surface area contributed by atoms with E-state index >= 15 is 0 Å². The minimum Gasteiger partial charge on any atom is -0.313 e. The molecule has 1 aliphatic heterocycles. The molecule has 1 heterocycles. The fraction of sp³-hybridized carbons (Fsp3) is 1.00. The van der Waals surface area contributed by atoms with Crippen LogP contribution in [-0.4, -0.2) is 48.6 Å². The van der Waals surface area contributed by atoms with Crippen LogP contribution in [0.15, 0.2) is 0 Å². The maximum absolute atomic E-state index is 3.67. The average molecular weight is 244 g/mol. The highest BCUT2D eigenvalue weighted by Gasteiger charge is 2.22. The molecule has 0 aromatic carbocycles. The van der Waals surface area contributed by atoms with Crippen molar-refractivity contribution in [1.29, 1.82) is 0 Å². The van der Waals surface area contributed by atoms with E-state index in [2.05, 4.69) is 30.3 Å². The zero-order valence-corrected chi connectivity index (χ0v) is 12.0.